The lowest BCUT2D eigenvalue weighted by Gasteiger charge is -2.20. The first-order valence-corrected chi connectivity index (χ1v) is 21.7. The van der Waals surface area contributed by atoms with E-state index in [-0.39, 0.29) is 19.4 Å². The van der Waals surface area contributed by atoms with Crippen LogP contribution in [0.25, 0.3) is 0 Å². The first-order valence-electron chi connectivity index (χ1n) is 20.2. The molecule has 11 nitrogen and oxygen atoms in total. The molecular formula is C39H74NO10P. The summed E-state index contributed by atoms with van der Waals surface area (Å²) < 4.78 is 32.6. The number of rotatable bonds is 38. The molecule has 0 spiro atoms. The zero-order chi connectivity index (χ0) is 37.8. The second kappa shape index (κ2) is 35.3. The number of nitrogens with two attached hydrogens (primary N) is 1. The number of carboxylic acid groups (broad SMARTS) is 1. The Morgan fingerprint density at radius 3 is 1.45 bits per heavy atom. The highest BCUT2D eigenvalue weighted by atomic mass is 31.2. The van der Waals surface area contributed by atoms with Crippen molar-refractivity contribution in [1.29, 1.82) is 0 Å². The van der Waals surface area contributed by atoms with Gasteiger partial charge >= 0.3 is 25.7 Å². The average molecular weight is 748 g/mol. The standard InChI is InChI=1S/C39H74NO10P/c1-3-5-7-9-11-13-15-17-18-19-21-23-25-27-29-31-38(42)50-35(33-48-51(45,46)49-34-36(40)39(43)44)32-47-37(41)30-28-26-24-22-20-16-14-12-10-8-6-4-2/h19,21,35-36H,3-18,20,22-34,40H2,1-2H3,(H,43,44)(H,45,46)/b21-19+/t35-,36+/m1/s1. The predicted octanol–water partition coefficient (Wildman–Crippen LogP) is 10.1. The van der Waals surface area contributed by atoms with Gasteiger partial charge in [0.15, 0.2) is 6.10 Å². The van der Waals surface area contributed by atoms with Gasteiger partial charge in [0, 0.05) is 12.8 Å². The number of phosphoric ester groups is 1. The summed E-state index contributed by atoms with van der Waals surface area (Å²) in [6.07, 6.45) is 32.8. The Hall–Kier alpha value is -1.78. The van der Waals surface area contributed by atoms with Gasteiger partial charge in [0.05, 0.1) is 13.2 Å². The first-order chi connectivity index (χ1) is 24.6. The second-order valence-corrected chi connectivity index (χ2v) is 15.2. The second-order valence-electron chi connectivity index (χ2n) is 13.8. The molecule has 300 valence electrons. The highest BCUT2D eigenvalue weighted by Gasteiger charge is 2.28. The van der Waals surface area contributed by atoms with E-state index in [0.717, 1.165) is 44.9 Å². The van der Waals surface area contributed by atoms with E-state index >= 15 is 0 Å². The third-order valence-corrected chi connectivity index (χ3v) is 9.71. The van der Waals surface area contributed by atoms with Gasteiger partial charge in [0.1, 0.15) is 12.6 Å². The van der Waals surface area contributed by atoms with Gasteiger partial charge in [-0.25, -0.2) is 4.57 Å². The molecule has 0 amide bonds. The summed E-state index contributed by atoms with van der Waals surface area (Å²) in [6, 6.07) is -1.52. The van der Waals surface area contributed by atoms with E-state index in [1.807, 2.05) is 0 Å². The third-order valence-electron chi connectivity index (χ3n) is 8.76. The smallest absolute Gasteiger partial charge is 0.472 e. The number of aliphatic carboxylic acids is 1. The Kier molecular flexibility index (Phi) is 34.0. The average Bonchev–Trinajstić information content (AvgIpc) is 3.10. The molecule has 3 atom stereocenters. The molecule has 0 aliphatic carbocycles. The van der Waals surface area contributed by atoms with E-state index < -0.39 is 51.1 Å². The highest BCUT2D eigenvalue weighted by molar-refractivity contribution is 7.47. The van der Waals surface area contributed by atoms with Crippen LogP contribution in [0.2, 0.25) is 0 Å². The van der Waals surface area contributed by atoms with E-state index in [0.29, 0.717) is 12.8 Å². The van der Waals surface area contributed by atoms with E-state index in [1.165, 1.54) is 103 Å². The van der Waals surface area contributed by atoms with Crippen molar-refractivity contribution in [2.75, 3.05) is 19.8 Å². The lowest BCUT2D eigenvalue weighted by molar-refractivity contribution is -0.161. The van der Waals surface area contributed by atoms with E-state index in [4.69, 9.17) is 24.8 Å². The molecule has 0 bridgehead atoms. The summed E-state index contributed by atoms with van der Waals surface area (Å²) >= 11 is 0. The lowest BCUT2D eigenvalue weighted by atomic mass is 10.0. The predicted molar refractivity (Wildman–Crippen MR) is 203 cm³/mol. The summed E-state index contributed by atoms with van der Waals surface area (Å²) in [5.41, 5.74) is 5.32. The maximum atomic E-state index is 12.6. The molecular weight excluding hydrogens is 673 g/mol. The minimum absolute atomic E-state index is 0.145. The highest BCUT2D eigenvalue weighted by Crippen LogP contribution is 2.43. The summed E-state index contributed by atoms with van der Waals surface area (Å²) in [6.45, 7) is 2.78. The Balaban J connectivity index is 4.42. The van der Waals surface area contributed by atoms with E-state index in [2.05, 4.69) is 30.5 Å². The monoisotopic (exact) mass is 748 g/mol. The molecule has 0 saturated carbocycles. The van der Waals surface area contributed by atoms with Gasteiger partial charge in [0.25, 0.3) is 0 Å². The molecule has 0 radical (unpaired) electrons. The Labute approximate surface area is 309 Å². The molecule has 0 rings (SSSR count). The van der Waals surface area contributed by atoms with Crippen LogP contribution in [-0.4, -0.2) is 59.9 Å². The van der Waals surface area contributed by atoms with Crippen LogP contribution in [0.4, 0.5) is 0 Å². The molecule has 1 unspecified atom stereocenters. The first kappa shape index (κ1) is 49.2. The van der Waals surface area contributed by atoms with Crippen molar-refractivity contribution in [3.8, 4) is 0 Å². The molecule has 0 aliphatic rings. The van der Waals surface area contributed by atoms with Crippen molar-refractivity contribution < 1.29 is 47.5 Å². The topological polar surface area (TPSA) is 172 Å². The molecule has 0 aromatic heterocycles. The molecule has 0 heterocycles. The number of hydrogen-bond acceptors (Lipinski definition) is 9. The van der Waals surface area contributed by atoms with Crippen LogP contribution in [0.5, 0.6) is 0 Å². The van der Waals surface area contributed by atoms with Crippen molar-refractivity contribution >= 4 is 25.7 Å². The summed E-state index contributed by atoms with van der Waals surface area (Å²) in [4.78, 5) is 45.8. The Morgan fingerprint density at radius 2 is 0.980 bits per heavy atom. The number of carbonyl (C=O) groups excluding carboxylic acids is 2. The molecule has 12 heteroatoms. The number of carbonyl (C=O) groups is 3. The molecule has 0 fully saturated rings. The SMILES string of the molecule is CCCCCCCCCC/C=C/CCCCCC(=O)O[C@H](COC(=O)CCCCCCCCCCCCCC)COP(=O)(O)OC[C@H](N)C(=O)O. The lowest BCUT2D eigenvalue weighted by Crippen LogP contribution is -2.34. The van der Waals surface area contributed by atoms with Crippen LogP contribution in [0.1, 0.15) is 187 Å². The molecule has 0 aromatic rings. The fourth-order valence-electron chi connectivity index (χ4n) is 5.53. The van der Waals surface area contributed by atoms with Crippen molar-refractivity contribution in [2.45, 2.75) is 199 Å². The quantitative estimate of drug-likeness (QED) is 0.0237. The molecule has 4 N–H and O–H groups in total. The Morgan fingerprint density at radius 1 is 0.588 bits per heavy atom. The van der Waals surface area contributed by atoms with E-state index in [9.17, 15) is 23.8 Å². The van der Waals surface area contributed by atoms with Crippen LogP contribution in [0.3, 0.4) is 0 Å². The van der Waals surface area contributed by atoms with Gasteiger partial charge in [-0.15, -0.1) is 0 Å². The van der Waals surface area contributed by atoms with Gasteiger partial charge in [-0.05, 0) is 38.5 Å². The largest absolute Gasteiger partial charge is 0.480 e. The maximum Gasteiger partial charge on any atom is 0.472 e. The molecule has 0 aromatic carbocycles. The molecule has 0 aliphatic heterocycles. The van der Waals surface area contributed by atoms with Crippen molar-refractivity contribution in [3.05, 3.63) is 12.2 Å². The number of allylic oxidation sites excluding steroid dienone is 2. The number of carboxylic acids is 1. The summed E-state index contributed by atoms with van der Waals surface area (Å²) in [5.74, 6) is -2.39. The number of phosphoric acid groups is 1. The van der Waals surface area contributed by atoms with Crippen LogP contribution in [0, 0.1) is 0 Å². The zero-order valence-electron chi connectivity index (χ0n) is 32.2. The summed E-state index contributed by atoms with van der Waals surface area (Å²) in [5, 5.41) is 8.86. The minimum atomic E-state index is -4.71. The third kappa shape index (κ3) is 35.0. The van der Waals surface area contributed by atoms with Crippen LogP contribution < -0.4 is 5.73 Å². The van der Waals surface area contributed by atoms with Crippen LogP contribution >= 0.6 is 7.82 Å². The number of unbranched alkanes of at least 4 members (excludes halogenated alkanes) is 22. The number of ether oxygens (including phenoxy) is 2. The van der Waals surface area contributed by atoms with Gasteiger partial charge in [-0.1, -0.05) is 148 Å². The summed E-state index contributed by atoms with van der Waals surface area (Å²) in [7, 11) is -4.71. The normalized spacial score (nSPS) is 14.0. The molecule has 51 heavy (non-hydrogen) atoms. The fourth-order valence-corrected chi connectivity index (χ4v) is 6.31. The maximum absolute atomic E-state index is 12.6. The van der Waals surface area contributed by atoms with Gasteiger partial charge in [-0.3, -0.25) is 23.4 Å². The fraction of sp³-hybridized carbons (Fsp3) is 0.872. The van der Waals surface area contributed by atoms with Gasteiger partial charge in [0.2, 0.25) is 0 Å². The van der Waals surface area contributed by atoms with Gasteiger partial charge in [-0.2, -0.15) is 0 Å². The minimum Gasteiger partial charge on any atom is -0.480 e. The van der Waals surface area contributed by atoms with E-state index in [1.54, 1.807) is 0 Å². The van der Waals surface area contributed by atoms with Crippen molar-refractivity contribution in [1.82, 2.24) is 0 Å². The zero-order valence-corrected chi connectivity index (χ0v) is 33.1. The molecule has 0 saturated heterocycles. The number of esters is 2. The van der Waals surface area contributed by atoms with Crippen LogP contribution in [0.15, 0.2) is 12.2 Å². The van der Waals surface area contributed by atoms with Gasteiger partial charge < -0.3 is 25.2 Å². The Bertz CT molecular complexity index is 932. The van der Waals surface area contributed by atoms with Crippen LogP contribution in [-0.2, 0) is 37.5 Å². The van der Waals surface area contributed by atoms with Crippen molar-refractivity contribution in [3.63, 3.8) is 0 Å². The van der Waals surface area contributed by atoms with Crippen molar-refractivity contribution in [2.24, 2.45) is 5.73 Å². The number of hydrogen-bond donors (Lipinski definition) is 3.